The van der Waals surface area contributed by atoms with Crippen molar-refractivity contribution in [3.63, 3.8) is 0 Å². The Kier molecular flexibility index (Phi) is 4.44. The fourth-order valence-electron chi connectivity index (χ4n) is 0.453. The molecule has 0 rings (SSSR count). The van der Waals surface area contributed by atoms with Gasteiger partial charge in [-0.1, -0.05) is 0 Å². The van der Waals surface area contributed by atoms with Gasteiger partial charge < -0.3 is 0 Å². The van der Waals surface area contributed by atoms with Crippen LogP contribution in [0.1, 0.15) is 0 Å². The predicted molar refractivity (Wildman–Crippen MR) is 30.6 cm³/mol. The van der Waals surface area contributed by atoms with Gasteiger partial charge in [-0.15, -0.1) is 0 Å². The van der Waals surface area contributed by atoms with Crippen LogP contribution in [0.4, 0.5) is 0 Å². The SMILES string of the molecule is CN(C)CC(O)[CH](O)[Cu]. The second-order valence-corrected chi connectivity index (χ2v) is 2.71. The zero-order valence-electron chi connectivity index (χ0n) is 5.50. The molecular weight excluding hydrogens is 170 g/mol. The molecule has 0 aliphatic heterocycles. The minimum atomic E-state index is -1.07. The fraction of sp³-hybridized carbons (Fsp3) is 1.00. The Labute approximate surface area is 63.5 Å². The van der Waals surface area contributed by atoms with E-state index in [0.29, 0.717) is 6.54 Å². The molecule has 0 radical (unpaired) electrons. The average molecular weight is 182 g/mol. The second kappa shape index (κ2) is 4.25. The minimum absolute atomic E-state index is 0.402. The number of aliphatic hydroxyl groups is 2. The molecule has 0 fully saturated rings. The molecule has 0 aromatic heterocycles. The Morgan fingerprint density at radius 3 is 2.00 bits per heavy atom. The summed E-state index contributed by atoms with van der Waals surface area (Å²) >= 11 is 4.54. The first kappa shape index (κ1) is 9.40. The molecule has 0 saturated carbocycles. The topological polar surface area (TPSA) is 43.7 Å². The van der Waals surface area contributed by atoms with Crippen LogP contribution in [0.2, 0.25) is 0 Å². The van der Waals surface area contributed by atoms with E-state index in [-0.39, 0.29) is 0 Å². The summed E-state index contributed by atoms with van der Waals surface area (Å²) in [6.45, 7) is 0.402. The fourth-order valence-corrected chi connectivity index (χ4v) is 0.552. The van der Waals surface area contributed by atoms with Crippen molar-refractivity contribution in [1.82, 2.24) is 4.90 Å². The van der Waals surface area contributed by atoms with Gasteiger partial charge >= 0.3 is 62.9 Å². The molecule has 0 amide bonds. The summed E-state index contributed by atoms with van der Waals surface area (Å²) in [4.78, 5) is 1.76. The van der Waals surface area contributed by atoms with Gasteiger partial charge in [-0.25, -0.2) is 0 Å². The Hall–Kier alpha value is 0.399. The molecule has 0 heterocycles. The summed E-state index contributed by atoms with van der Waals surface area (Å²) in [6, 6.07) is 0. The Morgan fingerprint density at radius 2 is 1.89 bits per heavy atom. The zero-order chi connectivity index (χ0) is 7.44. The maximum atomic E-state index is 8.90. The van der Waals surface area contributed by atoms with Gasteiger partial charge in [0.1, 0.15) is 0 Å². The van der Waals surface area contributed by atoms with Crippen LogP contribution in [0.3, 0.4) is 0 Å². The standard InChI is InChI=1S/C5H12NO2.Cu/c1-6(2)3-5(8)4-7;/h4-5,7-8H,3H2,1-2H3;. The van der Waals surface area contributed by atoms with Gasteiger partial charge in [-0.3, -0.25) is 0 Å². The number of rotatable bonds is 3. The van der Waals surface area contributed by atoms with Gasteiger partial charge in [-0.2, -0.15) is 0 Å². The summed E-state index contributed by atoms with van der Waals surface area (Å²) in [5, 5.41) is 16.4. The summed E-state index contributed by atoms with van der Waals surface area (Å²) in [5.74, 6) is 0. The first-order valence-corrected chi connectivity index (χ1v) is 3.19. The summed E-state index contributed by atoms with van der Waals surface area (Å²) in [6.07, 6.45) is -0.819. The van der Waals surface area contributed by atoms with Crippen molar-refractivity contribution in [2.45, 2.75) is 11.1 Å². The molecule has 0 aliphatic rings. The third kappa shape index (κ3) is 4.88. The van der Waals surface area contributed by atoms with Gasteiger partial charge in [0.05, 0.1) is 0 Å². The molecular formula is C5H12CuNO2. The van der Waals surface area contributed by atoms with E-state index in [0.717, 1.165) is 0 Å². The van der Waals surface area contributed by atoms with E-state index < -0.39 is 11.1 Å². The van der Waals surface area contributed by atoms with Gasteiger partial charge in [0.25, 0.3) is 0 Å². The van der Waals surface area contributed by atoms with Crippen LogP contribution < -0.4 is 0 Å². The average Bonchev–Trinajstić information content (AvgIpc) is 1.63. The Morgan fingerprint density at radius 1 is 1.44 bits per heavy atom. The third-order valence-electron chi connectivity index (χ3n) is 0.840. The van der Waals surface area contributed by atoms with Crippen LogP contribution in [-0.4, -0.2) is 46.9 Å². The van der Waals surface area contributed by atoms with Crippen LogP contribution in [0.5, 0.6) is 0 Å². The van der Waals surface area contributed by atoms with Gasteiger partial charge in [0, 0.05) is 0 Å². The third-order valence-corrected chi connectivity index (χ3v) is 1.20. The van der Waals surface area contributed by atoms with E-state index in [2.05, 4.69) is 16.0 Å². The van der Waals surface area contributed by atoms with Crippen LogP contribution in [0, 0.1) is 0 Å². The van der Waals surface area contributed by atoms with E-state index in [1.54, 1.807) is 19.0 Å². The van der Waals surface area contributed by atoms with Crippen molar-refractivity contribution in [1.29, 1.82) is 0 Å². The van der Waals surface area contributed by atoms with Crippen molar-refractivity contribution in [3.05, 3.63) is 0 Å². The van der Waals surface area contributed by atoms with Crippen LogP contribution in [0.15, 0.2) is 0 Å². The Balaban J connectivity index is 3.38. The van der Waals surface area contributed by atoms with E-state index in [1.165, 1.54) is 0 Å². The first-order valence-electron chi connectivity index (χ1n) is 2.64. The van der Waals surface area contributed by atoms with Crippen molar-refractivity contribution in [2.75, 3.05) is 20.6 Å². The number of likely N-dealkylation sites (N-methyl/N-ethyl adjacent to an activating group) is 1. The molecule has 60 valence electrons. The summed E-state index contributed by atoms with van der Waals surface area (Å²) < 4.78 is 0. The number of hydrogen-bond donors (Lipinski definition) is 2. The molecule has 0 spiro atoms. The molecule has 0 aromatic rings. The molecule has 2 N–H and O–H groups in total. The molecule has 0 bridgehead atoms. The normalized spacial score (nSPS) is 18.1. The summed E-state index contributed by atoms with van der Waals surface area (Å²) in [5.41, 5.74) is 0. The van der Waals surface area contributed by atoms with Crippen molar-refractivity contribution in [3.8, 4) is 0 Å². The van der Waals surface area contributed by atoms with E-state index in [4.69, 9.17) is 10.2 Å². The molecule has 4 heteroatoms. The Bertz CT molecular complexity index is 77.4. The van der Waals surface area contributed by atoms with E-state index in [1.807, 2.05) is 0 Å². The number of aliphatic hydroxyl groups excluding tert-OH is 2. The summed E-state index contributed by atoms with van der Waals surface area (Å²) in [7, 11) is 3.61. The molecule has 0 saturated heterocycles. The predicted octanol–water partition coefficient (Wildman–Crippen LogP) is -1.23. The van der Waals surface area contributed by atoms with Crippen molar-refractivity contribution < 1.29 is 26.2 Å². The monoisotopic (exact) mass is 181 g/mol. The molecule has 3 nitrogen and oxygen atoms in total. The van der Waals surface area contributed by atoms with Crippen molar-refractivity contribution >= 4 is 0 Å². The zero-order valence-corrected chi connectivity index (χ0v) is 6.45. The van der Waals surface area contributed by atoms with Gasteiger partial charge in [-0.05, 0) is 0 Å². The molecule has 2 unspecified atom stereocenters. The number of hydrogen-bond acceptors (Lipinski definition) is 3. The molecule has 0 aliphatic carbocycles. The van der Waals surface area contributed by atoms with Crippen LogP contribution >= 0.6 is 0 Å². The molecule has 2 atom stereocenters. The molecule has 9 heavy (non-hydrogen) atoms. The second-order valence-electron chi connectivity index (χ2n) is 2.16. The van der Waals surface area contributed by atoms with E-state index in [9.17, 15) is 0 Å². The van der Waals surface area contributed by atoms with Crippen LogP contribution in [-0.2, 0) is 16.0 Å². The van der Waals surface area contributed by atoms with Gasteiger partial charge in [0.15, 0.2) is 0 Å². The van der Waals surface area contributed by atoms with Gasteiger partial charge in [0.2, 0.25) is 0 Å². The van der Waals surface area contributed by atoms with Crippen LogP contribution in [0.25, 0.3) is 0 Å². The number of nitrogens with zero attached hydrogens (tertiary/aromatic N) is 1. The van der Waals surface area contributed by atoms with E-state index >= 15 is 0 Å². The first-order chi connectivity index (χ1) is 4.04. The molecule has 0 aromatic carbocycles. The maximum absolute atomic E-state index is 8.90. The quantitative estimate of drug-likeness (QED) is 0.537. The van der Waals surface area contributed by atoms with Crippen molar-refractivity contribution in [2.24, 2.45) is 0 Å².